The molecule has 0 saturated carbocycles. The molecule has 0 fully saturated rings. The van der Waals surface area contributed by atoms with Gasteiger partial charge in [-0.2, -0.15) is 0 Å². The van der Waals surface area contributed by atoms with Crippen LogP contribution in [-0.4, -0.2) is 22.0 Å². The average molecular weight is 272 g/mol. The van der Waals surface area contributed by atoms with Gasteiger partial charge in [0.2, 0.25) is 0 Å². The molecule has 19 heavy (non-hydrogen) atoms. The van der Waals surface area contributed by atoms with Crippen molar-refractivity contribution in [1.82, 2.24) is 9.97 Å². The summed E-state index contributed by atoms with van der Waals surface area (Å²) in [5, 5.41) is 0. The van der Waals surface area contributed by atoms with Crippen LogP contribution < -0.4 is 10.6 Å². The van der Waals surface area contributed by atoms with E-state index in [1.54, 1.807) is 12.4 Å². The topological polar surface area (TPSA) is 55.0 Å². The highest BCUT2D eigenvalue weighted by Gasteiger charge is 2.14. The van der Waals surface area contributed by atoms with Gasteiger partial charge in [0.1, 0.15) is 10.7 Å². The first-order valence-electron chi connectivity index (χ1n) is 5.92. The van der Waals surface area contributed by atoms with Crippen LogP contribution in [0.4, 0.5) is 11.5 Å². The van der Waals surface area contributed by atoms with Crippen LogP contribution in [0.3, 0.4) is 0 Å². The van der Waals surface area contributed by atoms with Crippen molar-refractivity contribution < 1.29 is 0 Å². The third kappa shape index (κ3) is 2.88. The molecule has 5 heteroatoms. The first kappa shape index (κ1) is 13.4. The van der Waals surface area contributed by atoms with Crippen molar-refractivity contribution >= 4 is 28.7 Å². The minimum Gasteiger partial charge on any atom is -0.388 e. The van der Waals surface area contributed by atoms with E-state index in [1.807, 2.05) is 11.9 Å². The van der Waals surface area contributed by atoms with Gasteiger partial charge in [-0.3, -0.25) is 0 Å². The molecule has 2 aromatic rings. The van der Waals surface area contributed by atoms with Crippen LogP contribution in [0.1, 0.15) is 16.8 Å². The second-order valence-corrected chi connectivity index (χ2v) is 4.94. The van der Waals surface area contributed by atoms with Crippen molar-refractivity contribution in [3.8, 4) is 0 Å². The first-order chi connectivity index (χ1) is 8.99. The maximum Gasteiger partial charge on any atom is 0.161 e. The van der Waals surface area contributed by atoms with Crippen molar-refractivity contribution in [3.05, 3.63) is 47.4 Å². The van der Waals surface area contributed by atoms with Crippen LogP contribution in [0.2, 0.25) is 0 Å². The maximum absolute atomic E-state index is 5.69. The Labute approximate surface area is 118 Å². The van der Waals surface area contributed by atoms with E-state index in [0.717, 1.165) is 5.69 Å². The van der Waals surface area contributed by atoms with Gasteiger partial charge in [0.25, 0.3) is 0 Å². The molecule has 98 valence electrons. The van der Waals surface area contributed by atoms with Crippen molar-refractivity contribution in [2.75, 3.05) is 11.9 Å². The molecule has 0 aliphatic rings. The lowest BCUT2D eigenvalue weighted by atomic mass is 10.1. The number of aromatic nitrogens is 2. The standard InChI is InChI=1S/C14H16N4S/c1-9-6-10(2)8-11(7-9)18(3)14-12(13(15)19)16-4-5-17-14/h4-8H,1-3H3,(H2,15,19). The van der Waals surface area contributed by atoms with E-state index in [1.165, 1.54) is 11.1 Å². The van der Waals surface area contributed by atoms with Crippen molar-refractivity contribution in [2.24, 2.45) is 5.73 Å². The molecule has 2 N–H and O–H groups in total. The smallest absolute Gasteiger partial charge is 0.161 e. The zero-order valence-corrected chi connectivity index (χ0v) is 12.0. The molecule has 0 spiro atoms. The minimum atomic E-state index is 0.249. The summed E-state index contributed by atoms with van der Waals surface area (Å²) in [5.74, 6) is 0.667. The molecule has 4 nitrogen and oxygen atoms in total. The number of anilines is 2. The Bertz CT molecular complexity index is 604. The normalized spacial score (nSPS) is 10.3. The molecular formula is C14H16N4S. The Hall–Kier alpha value is -2.01. The van der Waals surface area contributed by atoms with Crippen LogP contribution in [0.5, 0.6) is 0 Å². The fraction of sp³-hybridized carbons (Fsp3) is 0.214. The summed E-state index contributed by atoms with van der Waals surface area (Å²) in [7, 11) is 1.93. The summed E-state index contributed by atoms with van der Waals surface area (Å²) in [6.07, 6.45) is 3.23. The molecule has 0 saturated heterocycles. The molecule has 0 bridgehead atoms. The third-order valence-electron chi connectivity index (χ3n) is 2.82. The van der Waals surface area contributed by atoms with Gasteiger partial charge >= 0.3 is 0 Å². The van der Waals surface area contributed by atoms with Gasteiger partial charge in [0, 0.05) is 25.1 Å². The van der Waals surface area contributed by atoms with E-state index in [2.05, 4.69) is 42.0 Å². The van der Waals surface area contributed by atoms with Gasteiger partial charge in [0.15, 0.2) is 5.82 Å². The Morgan fingerprint density at radius 1 is 1.11 bits per heavy atom. The number of nitrogens with zero attached hydrogens (tertiary/aromatic N) is 3. The largest absolute Gasteiger partial charge is 0.388 e. The fourth-order valence-corrected chi connectivity index (χ4v) is 2.16. The number of nitrogens with two attached hydrogens (primary N) is 1. The lowest BCUT2D eigenvalue weighted by Gasteiger charge is -2.21. The number of aryl methyl sites for hydroxylation is 2. The van der Waals surface area contributed by atoms with Gasteiger partial charge < -0.3 is 10.6 Å². The summed E-state index contributed by atoms with van der Waals surface area (Å²) in [5.41, 5.74) is 9.66. The summed E-state index contributed by atoms with van der Waals surface area (Å²) in [4.78, 5) is 10.7. The second-order valence-electron chi connectivity index (χ2n) is 4.50. The zero-order chi connectivity index (χ0) is 14.0. The van der Waals surface area contributed by atoms with E-state index < -0.39 is 0 Å². The number of hydrogen-bond donors (Lipinski definition) is 1. The molecule has 1 aromatic heterocycles. The fourth-order valence-electron chi connectivity index (χ4n) is 2.02. The van der Waals surface area contributed by atoms with Crippen LogP contribution in [-0.2, 0) is 0 Å². The summed E-state index contributed by atoms with van der Waals surface area (Å²) < 4.78 is 0. The molecule has 1 heterocycles. The number of thiocarbonyl (C=S) groups is 1. The van der Waals surface area contributed by atoms with Crippen molar-refractivity contribution in [3.63, 3.8) is 0 Å². The van der Waals surface area contributed by atoms with E-state index in [9.17, 15) is 0 Å². The van der Waals surface area contributed by atoms with E-state index in [4.69, 9.17) is 18.0 Å². The second kappa shape index (κ2) is 5.32. The summed E-state index contributed by atoms with van der Waals surface area (Å²) in [6, 6.07) is 6.30. The highest BCUT2D eigenvalue weighted by Crippen LogP contribution is 2.25. The maximum atomic E-state index is 5.69. The monoisotopic (exact) mass is 272 g/mol. The van der Waals surface area contributed by atoms with Gasteiger partial charge in [0.05, 0.1) is 0 Å². The van der Waals surface area contributed by atoms with E-state index in [0.29, 0.717) is 11.5 Å². The first-order valence-corrected chi connectivity index (χ1v) is 6.32. The van der Waals surface area contributed by atoms with Crippen LogP contribution >= 0.6 is 12.2 Å². The summed E-state index contributed by atoms with van der Waals surface area (Å²) >= 11 is 5.02. The molecule has 2 rings (SSSR count). The molecule has 0 aliphatic carbocycles. The molecular weight excluding hydrogens is 256 g/mol. The summed E-state index contributed by atoms with van der Waals surface area (Å²) in [6.45, 7) is 4.13. The van der Waals surface area contributed by atoms with Crippen LogP contribution in [0.15, 0.2) is 30.6 Å². The number of hydrogen-bond acceptors (Lipinski definition) is 4. The van der Waals surface area contributed by atoms with Crippen LogP contribution in [0, 0.1) is 13.8 Å². The third-order valence-corrected chi connectivity index (χ3v) is 3.02. The van der Waals surface area contributed by atoms with Gasteiger partial charge in [-0.25, -0.2) is 9.97 Å². The predicted octanol–water partition coefficient (Wildman–Crippen LogP) is 2.50. The minimum absolute atomic E-state index is 0.249. The molecule has 0 amide bonds. The molecule has 0 radical (unpaired) electrons. The molecule has 0 aliphatic heterocycles. The molecule has 0 atom stereocenters. The number of benzene rings is 1. The predicted molar refractivity (Wildman–Crippen MR) is 81.9 cm³/mol. The van der Waals surface area contributed by atoms with Gasteiger partial charge in [-0.15, -0.1) is 0 Å². The van der Waals surface area contributed by atoms with Gasteiger partial charge in [-0.05, 0) is 37.1 Å². The van der Waals surface area contributed by atoms with E-state index in [-0.39, 0.29) is 4.99 Å². The van der Waals surface area contributed by atoms with Crippen molar-refractivity contribution in [2.45, 2.75) is 13.8 Å². The highest BCUT2D eigenvalue weighted by molar-refractivity contribution is 7.80. The Morgan fingerprint density at radius 3 is 2.26 bits per heavy atom. The Morgan fingerprint density at radius 2 is 1.68 bits per heavy atom. The van der Waals surface area contributed by atoms with Crippen molar-refractivity contribution in [1.29, 1.82) is 0 Å². The van der Waals surface area contributed by atoms with E-state index >= 15 is 0 Å². The lowest BCUT2D eigenvalue weighted by molar-refractivity contribution is 1.07. The highest BCUT2D eigenvalue weighted by atomic mass is 32.1. The Kier molecular flexibility index (Phi) is 3.76. The van der Waals surface area contributed by atoms with Gasteiger partial charge in [-0.1, -0.05) is 18.3 Å². The average Bonchev–Trinajstić information content (AvgIpc) is 2.36. The SMILES string of the molecule is Cc1cc(C)cc(N(C)c2nccnc2C(N)=S)c1. The van der Waals surface area contributed by atoms with Crippen LogP contribution in [0.25, 0.3) is 0 Å². The Balaban J connectivity index is 2.49. The zero-order valence-electron chi connectivity index (χ0n) is 11.2. The number of rotatable bonds is 3. The lowest BCUT2D eigenvalue weighted by Crippen LogP contribution is -2.20. The molecule has 1 aromatic carbocycles. The quantitative estimate of drug-likeness (QED) is 0.870. The molecule has 0 unspecified atom stereocenters.